The molecule has 7 nitrogen and oxygen atoms in total. The van der Waals surface area contributed by atoms with Gasteiger partial charge >= 0.3 is 0 Å². The van der Waals surface area contributed by atoms with Gasteiger partial charge in [0.2, 0.25) is 10.0 Å². The first-order valence-electron chi connectivity index (χ1n) is 7.73. The number of benzene rings is 2. The number of non-ortho nitro benzene ring substituents is 1. The van der Waals surface area contributed by atoms with Gasteiger partial charge in [-0.3, -0.25) is 10.1 Å². The zero-order valence-corrected chi connectivity index (χ0v) is 15.1. The quantitative estimate of drug-likeness (QED) is 0.583. The lowest BCUT2D eigenvalue weighted by Gasteiger charge is -2.35. The Morgan fingerprint density at radius 3 is 2.19 bits per heavy atom. The van der Waals surface area contributed by atoms with Crippen LogP contribution in [0.5, 0.6) is 0 Å². The smallest absolute Gasteiger partial charge is 0.271 e. The molecule has 0 radical (unpaired) electrons. The van der Waals surface area contributed by atoms with Crippen LogP contribution < -0.4 is 4.90 Å². The molecule has 2 aromatic rings. The van der Waals surface area contributed by atoms with E-state index in [1.54, 1.807) is 6.07 Å². The zero-order valence-electron chi connectivity index (χ0n) is 13.5. The van der Waals surface area contributed by atoms with Crippen LogP contribution in [0.4, 0.5) is 15.8 Å². The van der Waals surface area contributed by atoms with Gasteiger partial charge < -0.3 is 4.90 Å². The van der Waals surface area contributed by atoms with Crippen LogP contribution in [0.15, 0.2) is 47.4 Å². The van der Waals surface area contributed by atoms with E-state index in [4.69, 9.17) is 11.6 Å². The molecule has 1 aliphatic heterocycles. The third-order valence-electron chi connectivity index (χ3n) is 4.17. The Morgan fingerprint density at radius 1 is 1.04 bits per heavy atom. The van der Waals surface area contributed by atoms with Crippen molar-refractivity contribution in [3.05, 3.63) is 63.4 Å². The van der Waals surface area contributed by atoms with E-state index < -0.39 is 20.8 Å². The van der Waals surface area contributed by atoms with Crippen molar-refractivity contribution in [1.82, 2.24) is 4.31 Å². The van der Waals surface area contributed by atoms with E-state index in [1.807, 2.05) is 4.90 Å². The minimum atomic E-state index is -3.69. The van der Waals surface area contributed by atoms with Crippen molar-refractivity contribution in [2.75, 3.05) is 31.1 Å². The molecule has 0 bridgehead atoms. The maximum absolute atomic E-state index is 13.0. The van der Waals surface area contributed by atoms with Crippen molar-refractivity contribution in [2.45, 2.75) is 4.90 Å². The molecule has 26 heavy (non-hydrogen) atoms. The first-order valence-corrected chi connectivity index (χ1v) is 9.55. The molecule has 0 atom stereocenters. The van der Waals surface area contributed by atoms with E-state index >= 15 is 0 Å². The normalized spacial score (nSPS) is 15.8. The summed E-state index contributed by atoms with van der Waals surface area (Å²) in [4.78, 5) is 12.2. The van der Waals surface area contributed by atoms with Crippen LogP contribution in [0.25, 0.3) is 0 Å². The molecule has 0 unspecified atom stereocenters. The van der Waals surface area contributed by atoms with E-state index in [0.29, 0.717) is 18.8 Å². The number of nitro groups is 1. The largest absolute Gasteiger partial charge is 0.368 e. The van der Waals surface area contributed by atoms with Gasteiger partial charge in [0.25, 0.3) is 5.69 Å². The number of hydrogen-bond donors (Lipinski definition) is 0. The minimum Gasteiger partial charge on any atom is -0.368 e. The highest BCUT2D eigenvalue weighted by Gasteiger charge is 2.29. The standard InChI is InChI=1S/C16H15ClFN3O4S/c17-15-11-13(21(22)23)3-6-16(15)19-7-9-20(10-8-19)26(24,25)14-4-1-12(18)2-5-14/h1-6,11H,7-10H2. The average molecular weight is 400 g/mol. The van der Waals surface area contributed by atoms with Crippen LogP contribution in [0.1, 0.15) is 0 Å². The highest BCUT2D eigenvalue weighted by Crippen LogP contribution is 2.31. The number of nitro benzene ring substituents is 1. The minimum absolute atomic E-state index is 0.0423. The molecule has 1 aliphatic rings. The number of rotatable bonds is 4. The van der Waals surface area contributed by atoms with E-state index in [0.717, 1.165) is 12.1 Å². The van der Waals surface area contributed by atoms with Gasteiger partial charge in [0, 0.05) is 38.3 Å². The molecular formula is C16H15ClFN3O4S. The van der Waals surface area contributed by atoms with Crippen LogP contribution in [0.2, 0.25) is 5.02 Å². The molecule has 2 aromatic carbocycles. The van der Waals surface area contributed by atoms with Gasteiger partial charge in [-0.15, -0.1) is 0 Å². The Kier molecular flexibility index (Phi) is 5.12. The molecule has 10 heteroatoms. The predicted molar refractivity (Wildman–Crippen MR) is 95.5 cm³/mol. The zero-order chi connectivity index (χ0) is 18.9. The van der Waals surface area contributed by atoms with Gasteiger partial charge in [-0.25, -0.2) is 12.8 Å². The summed E-state index contributed by atoms with van der Waals surface area (Å²) < 4.78 is 39.6. The summed E-state index contributed by atoms with van der Waals surface area (Å²) in [6, 6.07) is 8.90. The lowest BCUT2D eigenvalue weighted by molar-refractivity contribution is -0.384. The van der Waals surface area contributed by atoms with Gasteiger partial charge in [0.05, 0.1) is 20.5 Å². The van der Waals surface area contributed by atoms with Crippen molar-refractivity contribution in [2.24, 2.45) is 0 Å². The SMILES string of the molecule is O=[N+]([O-])c1ccc(N2CCN(S(=O)(=O)c3ccc(F)cc3)CC2)c(Cl)c1. The third-order valence-corrected chi connectivity index (χ3v) is 6.39. The summed E-state index contributed by atoms with van der Waals surface area (Å²) in [7, 11) is -3.69. The molecule has 0 aromatic heterocycles. The molecule has 0 spiro atoms. The van der Waals surface area contributed by atoms with Crippen LogP contribution in [0.3, 0.4) is 0 Å². The second kappa shape index (κ2) is 7.18. The monoisotopic (exact) mass is 399 g/mol. The summed E-state index contributed by atoms with van der Waals surface area (Å²) in [6.45, 7) is 1.23. The Balaban J connectivity index is 1.73. The molecule has 0 amide bonds. The fourth-order valence-electron chi connectivity index (χ4n) is 2.79. The first-order chi connectivity index (χ1) is 12.3. The Bertz CT molecular complexity index is 929. The Morgan fingerprint density at radius 2 is 1.65 bits per heavy atom. The molecule has 1 saturated heterocycles. The second-order valence-electron chi connectivity index (χ2n) is 5.74. The summed E-state index contributed by atoms with van der Waals surface area (Å²) in [5, 5.41) is 11.0. The van der Waals surface area contributed by atoms with E-state index in [2.05, 4.69) is 0 Å². The number of sulfonamides is 1. The van der Waals surface area contributed by atoms with Crippen LogP contribution in [-0.2, 0) is 10.0 Å². The predicted octanol–water partition coefficient (Wildman–Crippen LogP) is 2.90. The lowest BCUT2D eigenvalue weighted by atomic mass is 10.2. The van der Waals surface area contributed by atoms with Crippen molar-refractivity contribution >= 4 is 33.0 Å². The molecule has 1 heterocycles. The summed E-state index contributed by atoms with van der Waals surface area (Å²) in [5.41, 5.74) is 0.521. The third kappa shape index (κ3) is 3.64. The lowest BCUT2D eigenvalue weighted by Crippen LogP contribution is -2.48. The van der Waals surface area contributed by atoms with Crippen LogP contribution >= 0.6 is 11.6 Å². The van der Waals surface area contributed by atoms with Crippen molar-refractivity contribution in [1.29, 1.82) is 0 Å². The van der Waals surface area contributed by atoms with Crippen molar-refractivity contribution < 1.29 is 17.7 Å². The van der Waals surface area contributed by atoms with E-state index in [-0.39, 0.29) is 28.7 Å². The van der Waals surface area contributed by atoms with Crippen LogP contribution in [0, 0.1) is 15.9 Å². The summed E-state index contributed by atoms with van der Waals surface area (Å²) in [5.74, 6) is -0.499. The highest BCUT2D eigenvalue weighted by molar-refractivity contribution is 7.89. The summed E-state index contributed by atoms with van der Waals surface area (Å²) >= 11 is 6.13. The molecule has 138 valence electrons. The second-order valence-corrected chi connectivity index (χ2v) is 8.08. The van der Waals surface area contributed by atoms with Gasteiger partial charge in [-0.1, -0.05) is 11.6 Å². The molecule has 1 fully saturated rings. The van der Waals surface area contributed by atoms with Crippen molar-refractivity contribution in [3.63, 3.8) is 0 Å². The van der Waals surface area contributed by atoms with Crippen molar-refractivity contribution in [3.8, 4) is 0 Å². The summed E-state index contributed by atoms with van der Waals surface area (Å²) in [6.07, 6.45) is 0. The van der Waals surface area contributed by atoms with Crippen LogP contribution in [-0.4, -0.2) is 43.8 Å². The first kappa shape index (κ1) is 18.6. The maximum Gasteiger partial charge on any atom is 0.271 e. The average Bonchev–Trinajstić information content (AvgIpc) is 2.62. The Hall–Kier alpha value is -2.23. The number of anilines is 1. The molecular weight excluding hydrogens is 385 g/mol. The molecule has 3 rings (SSSR count). The topological polar surface area (TPSA) is 83.8 Å². The highest BCUT2D eigenvalue weighted by atomic mass is 35.5. The Labute approximate surface area is 154 Å². The molecule has 0 saturated carbocycles. The number of hydrogen-bond acceptors (Lipinski definition) is 5. The van der Waals surface area contributed by atoms with Gasteiger partial charge in [0.15, 0.2) is 0 Å². The molecule has 0 aliphatic carbocycles. The van der Waals surface area contributed by atoms with Gasteiger partial charge in [-0.05, 0) is 30.3 Å². The van der Waals surface area contributed by atoms with E-state index in [9.17, 15) is 22.9 Å². The van der Waals surface area contributed by atoms with E-state index in [1.165, 1.54) is 28.6 Å². The number of nitrogens with zero attached hydrogens (tertiary/aromatic N) is 3. The fourth-order valence-corrected chi connectivity index (χ4v) is 4.51. The van der Waals surface area contributed by atoms with Gasteiger partial charge in [-0.2, -0.15) is 4.31 Å². The number of halogens is 2. The number of piperazine rings is 1. The van der Waals surface area contributed by atoms with Gasteiger partial charge in [0.1, 0.15) is 5.82 Å². The molecule has 0 N–H and O–H groups in total. The maximum atomic E-state index is 13.0. The fraction of sp³-hybridized carbons (Fsp3) is 0.250.